The first-order valence-corrected chi connectivity index (χ1v) is 12.0. The normalized spacial score (nSPS) is 19.4. The van der Waals surface area contributed by atoms with E-state index in [1.54, 1.807) is 6.07 Å². The highest BCUT2D eigenvalue weighted by Crippen LogP contribution is 2.38. The van der Waals surface area contributed by atoms with Crippen LogP contribution in [0, 0.1) is 11.7 Å². The molecule has 29 heavy (non-hydrogen) atoms. The summed E-state index contributed by atoms with van der Waals surface area (Å²) in [6.45, 7) is 4.40. The number of rotatable bonds is 10. The number of unbranched alkanes of at least 4 members (excludes halogenated alkanes) is 4. The Morgan fingerprint density at radius 2 is 1.69 bits per heavy atom. The standard InChI is InChI=1S/C27H38FN/c1-3-5-6-7-8-10-21-11-14-23(15-12-21)24-16-18-27(29-20-24)25-17-13-22(9-4-2)19-26(25)28/h13,16-21,23H,3-12,14-15H2,1-2H3. The summed E-state index contributed by atoms with van der Waals surface area (Å²) in [5, 5.41) is 0. The van der Waals surface area contributed by atoms with E-state index in [1.807, 2.05) is 24.4 Å². The number of hydrogen-bond acceptors (Lipinski definition) is 1. The lowest BCUT2D eigenvalue weighted by atomic mass is 9.77. The molecule has 1 heterocycles. The maximum atomic E-state index is 14.5. The number of hydrogen-bond donors (Lipinski definition) is 0. The van der Waals surface area contributed by atoms with Crippen LogP contribution in [0.3, 0.4) is 0 Å². The monoisotopic (exact) mass is 395 g/mol. The second-order valence-electron chi connectivity index (χ2n) is 8.96. The molecule has 0 radical (unpaired) electrons. The Kier molecular flexibility index (Phi) is 8.70. The summed E-state index contributed by atoms with van der Waals surface area (Å²) in [5.41, 5.74) is 3.75. The summed E-state index contributed by atoms with van der Waals surface area (Å²) in [4.78, 5) is 4.62. The lowest BCUT2D eigenvalue weighted by molar-refractivity contribution is 0.301. The summed E-state index contributed by atoms with van der Waals surface area (Å²) >= 11 is 0. The van der Waals surface area contributed by atoms with E-state index in [9.17, 15) is 4.39 Å². The highest BCUT2D eigenvalue weighted by atomic mass is 19.1. The van der Waals surface area contributed by atoms with Gasteiger partial charge in [-0.1, -0.05) is 70.9 Å². The molecule has 3 rings (SSSR count). The van der Waals surface area contributed by atoms with Crippen LogP contribution in [-0.4, -0.2) is 4.98 Å². The van der Waals surface area contributed by atoms with Crippen molar-refractivity contribution in [2.24, 2.45) is 5.92 Å². The van der Waals surface area contributed by atoms with E-state index < -0.39 is 0 Å². The van der Waals surface area contributed by atoms with Gasteiger partial charge in [0.05, 0.1) is 5.69 Å². The summed E-state index contributed by atoms with van der Waals surface area (Å²) in [7, 11) is 0. The lowest BCUT2D eigenvalue weighted by Crippen LogP contribution is -2.13. The minimum absolute atomic E-state index is 0.157. The minimum Gasteiger partial charge on any atom is -0.256 e. The Balaban J connectivity index is 1.51. The van der Waals surface area contributed by atoms with Crippen molar-refractivity contribution in [3.63, 3.8) is 0 Å². The first-order chi connectivity index (χ1) is 14.2. The van der Waals surface area contributed by atoms with Gasteiger partial charge in [-0.05, 0) is 73.3 Å². The topological polar surface area (TPSA) is 12.9 Å². The van der Waals surface area contributed by atoms with E-state index in [1.165, 1.54) is 69.8 Å². The predicted octanol–water partition coefficient (Wildman–Crippen LogP) is 8.47. The fourth-order valence-electron chi connectivity index (χ4n) is 4.84. The van der Waals surface area contributed by atoms with Gasteiger partial charge < -0.3 is 0 Å². The van der Waals surface area contributed by atoms with Crippen molar-refractivity contribution in [2.75, 3.05) is 0 Å². The fraction of sp³-hybridized carbons (Fsp3) is 0.593. The number of aryl methyl sites for hydroxylation is 1. The molecule has 0 amide bonds. The van der Waals surface area contributed by atoms with Crippen LogP contribution in [0.25, 0.3) is 11.3 Å². The highest BCUT2D eigenvalue weighted by molar-refractivity contribution is 5.60. The molecule has 158 valence electrons. The molecule has 2 aromatic rings. The smallest absolute Gasteiger partial charge is 0.132 e. The molecular weight excluding hydrogens is 357 g/mol. The van der Waals surface area contributed by atoms with E-state index in [0.29, 0.717) is 11.5 Å². The van der Waals surface area contributed by atoms with Crippen LogP contribution in [0.1, 0.15) is 102 Å². The zero-order chi connectivity index (χ0) is 20.5. The van der Waals surface area contributed by atoms with Gasteiger partial charge in [-0.2, -0.15) is 0 Å². The molecule has 0 spiro atoms. The third-order valence-electron chi connectivity index (χ3n) is 6.67. The Morgan fingerprint density at radius 3 is 2.34 bits per heavy atom. The minimum atomic E-state index is -0.157. The van der Waals surface area contributed by atoms with Crippen molar-refractivity contribution in [3.8, 4) is 11.3 Å². The maximum Gasteiger partial charge on any atom is 0.132 e. The first-order valence-electron chi connectivity index (χ1n) is 12.0. The van der Waals surface area contributed by atoms with Crippen LogP contribution < -0.4 is 0 Å². The number of halogens is 1. The van der Waals surface area contributed by atoms with Crippen LogP contribution in [0.15, 0.2) is 36.5 Å². The highest BCUT2D eigenvalue weighted by Gasteiger charge is 2.22. The van der Waals surface area contributed by atoms with E-state index in [4.69, 9.17) is 0 Å². The van der Waals surface area contributed by atoms with Crippen LogP contribution in [0.4, 0.5) is 4.39 Å². The van der Waals surface area contributed by atoms with Gasteiger partial charge in [-0.3, -0.25) is 4.98 Å². The molecule has 1 fully saturated rings. The zero-order valence-corrected chi connectivity index (χ0v) is 18.4. The van der Waals surface area contributed by atoms with Crippen LogP contribution in [0.5, 0.6) is 0 Å². The summed E-state index contributed by atoms with van der Waals surface area (Å²) in [6.07, 6.45) is 17.6. The summed E-state index contributed by atoms with van der Waals surface area (Å²) in [5.74, 6) is 1.40. The van der Waals surface area contributed by atoms with Crippen LogP contribution >= 0.6 is 0 Å². The van der Waals surface area contributed by atoms with Gasteiger partial charge in [-0.15, -0.1) is 0 Å². The van der Waals surface area contributed by atoms with Crippen molar-refractivity contribution < 1.29 is 4.39 Å². The van der Waals surface area contributed by atoms with Gasteiger partial charge in [0, 0.05) is 11.8 Å². The SMILES string of the molecule is CCCCCCCC1CCC(c2ccc(-c3ccc(CCC)cc3F)nc2)CC1. The molecule has 0 bridgehead atoms. The molecule has 1 saturated carbocycles. The Labute approximate surface area is 177 Å². The number of pyridine rings is 1. The average Bonchev–Trinajstić information content (AvgIpc) is 2.75. The van der Waals surface area contributed by atoms with Gasteiger partial charge in [0.15, 0.2) is 0 Å². The lowest BCUT2D eigenvalue weighted by Gasteiger charge is -2.28. The van der Waals surface area contributed by atoms with Crippen molar-refractivity contribution in [2.45, 2.75) is 96.8 Å². The van der Waals surface area contributed by atoms with E-state index in [2.05, 4.69) is 24.9 Å². The maximum absolute atomic E-state index is 14.5. The predicted molar refractivity (Wildman–Crippen MR) is 122 cm³/mol. The second-order valence-corrected chi connectivity index (χ2v) is 8.96. The molecular formula is C27H38FN. The Bertz CT molecular complexity index is 729. The zero-order valence-electron chi connectivity index (χ0n) is 18.4. The van der Waals surface area contributed by atoms with E-state index in [0.717, 1.165) is 30.0 Å². The number of aromatic nitrogens is 1. The third kappa shape index (κ3) is 6.39. The summed E-state index contributed by atoms with van der Waals surface area (Å²) in [6, 6.07) is 9.76. The molecule has 1 aromatic carbocycles. The van der Waals surface area contributed by atoms with Gasteiger partial charge in [0.2, 0.25) is 0 Å². The molecule has 0 unspecified atom stereocenters. The van der Waals surface area contributed by atoms with Gasteiger partial charge in [0.25, 0.3) is 0 Å². The molecule has 1 aliphatic carbocycles. The molecule has 0 aliphatic heterocycles. The van der Waals surface area contributed by atoms with Crippen LogP contribution in [0.2, 0.25) is 0 Å². The van der Waals surface area contributed by atoms with Crippen molar-refractivity contribution in [3.05, 3.63) is 53.5 Å². The molecule has 0 atom stereocenters. The number of nitrogens with zero attached hydrogens (tertiary/aromatic N) is 1. The van der Waals surface area contributed by atoms with Gasteiger partial charge in [0.1, 0.15) is 5.82 Å². The largest absolute Gasteiger partial charge is 0.256 e. The third-order valence-corrected chi connectivity index (χ3v) is 6.67. The van der Waals surface area contributed by atoms with Crippen molar-refractivity contribution in [1.29, 1.82) is 0 Å². The Hall–Kier alpha value is -1.70. The second kappa shape index (κ2) is 11.5. The van der Waals surface area contributed by atoms with E-state index in [-0.39, 0.29) is 5.82 Å². The molecule has 2 heteroatoms. The van der Waals surface area contributed by atoms with Crippen LogP contribution in [-0.2, 0) is 6.42 Å². The van der Waals surface area contributed by atoms with Gasteiger partial charge in [-0.25, -0.2) is 4.39 Å². The summed E-state index contributed by atoms with van der Waals surface area (Å²) < 4.78 is 14.5. The molecule has 1 nitrogen and oxygen atoms in total. The quantitative estimate of drug-likeness (QED) is 0.368. The van der Waals surface area contributed by atoms with E-state index >= 15 is 0 Å². The van der Waals surface area contributed by atoms with Crippen molar-refractivity contribution >= 4 is 0 Å². The molecule has 0 saturated heterocycles. The number of benzene rings is 1. The van der Waals surface area contributed by atoms with Gasteiger partial charge >= 0.3 is 0 Å². The molecule has 1 aliphatic rings. The fourth-order valence-corrected chi connectivity index (χ4v) is 4.84. The van der Waals surface area contributed by atoms with Crippen molar-refractivity contribution in [1.82, 2.24) is 4.98 Å². The average molecular weight is 396 g/mol. The Morgan fingerprint density at radius 1 is 0.897 bits per heavy atom. The molecule has 1 aromatic heterocycles. The first kappa shape index (κ1) is 22.0. The molecule has 0 N–H and O–H groups in total.